The average Bonchev–Trinajstić information content (AvgIpc) is 3.15. The summed E-state index contributed by atoms with van der Waals surface area (Å²) in [5, 5.41) is 0.454. The van der Waals surface area contributed by atoms with Gasteiger partial charge >= 0.3 is 0 Å². The fraction of sp³-hybridized carbons (Fsp3) is 0.261. The Balaban J connectivity index is 1.90. The maximum Gasteiger partial charge on any atom is 0.297 e. The summed E-state index contributed by atoms with van der Waals surface area (Å²) in [7, 11) is 0. The highest BCUT2D eigenvalue weighted by molar-refractivity contribution is 6.31. The Bertz CT molecular complexity index is 1170. The van der Waals surface area contributed by atoms with Crippen LogP contribution >= 0.6 is 11.6 Å². The van der Waals surface area contributed by atoms with Crippen molar-refractivity contribution in [2.45, 2.75) is 26.7 Å². The van der Waals surface area contributed by atoms with Crippen LogP contribution in [0.15, 0.2) is 53.7 Å². The second-order valence-electron chi connectivity index (χ2n) is 7.21. The van der Waals surface area contributed by atoms with Gasteiger partial charge in [0.25, 0.3) is 5.56 Å². The Hall–Kier alpha value is -3.12. The third-order valence-corrected chi connectivity index (χ3v) is 5.38. The van der Waals surface area contributed by atoms with E-state index in [1.54, 1.807) is 41.7 Å². The molecule has 7 heteroatoms. The number of aryl methyl sites for hydroxylation is 1. The molecule has 1 fully saturated rings. The van der Waals surface area contributed by atoms with Gasteiger partial charge in [-0.05, 0) is 56.2 Å². The molecule has 154 valence electrons. The predicted molar refractivity (Wildman–Crippen MR) is 118 cm³/mol. The van der Waals surface area contributed by atoms with Crippen molar-refractivity contribution in [2.24, 2.45) is 0 Å². The van der Waals surface area contributed by atoms with Crippen molar-refractivity contribution in [2.75, 3.05) is 18.1 Å². The van der Waals surface area contributed by atoms with Gasteiger partial charge in [-0.15, -0.1) is 0 Å². The molecule has 2 aromatic heterocycles. The Kier molecular flexibility index (Phi) is 5.59. The van der Waals surface area contributed by atoms with E-state index in [1.807, 2.05) is 26.0 Å². The summed E-state index contributed by atoms with van der Waals surface area (Å²) in [6.07, 6.45) is 6.59. The number of pyridine rings is 2. The number of benzene rings is 1. The molecule has 0 atom stereocenters. The number of halogens is 1. The normalized spacial score (nSPS) is 13.7. The monoisotopic (exact) mass is 423 g/mol. The second-order valence-corrected chi connectivity index (χ2v) is 7.64. The lowest BCUT2D eigenvalue weighted by atomic mass is 10.0. The van der Waals surface area contributed by atoms with E-state index in [9.17, 15) is 9.59 Å². The number of hydrogen-bond acceptors (Lipinski definition) is 4. The van der Waals surface area contributed by atoms with Crippen LogP contribution in [0.5, 0.6) is 5.75 Å². The van der Waals surface area contributed by atoms with Crippen LogP contribution in [0, 0.1) is 6.92 Å². The Labute approximate surface area is 179 Å². The Morgan fingerprint density at radius 3 is 2.67 bits per heavy atom. The molecule has 3 heterocycles. The van der Waals surface area contributed by atoms with Gasteiger partial charge in [-0.3, -0.25) is 19.1 Å². The first-order chi connectivity index (χ1) is 14.5. The highest BCUT2D eigenvalue weighted by atomic mass is 35.5. The van der Waals surface area contributed by atoms with Crippen molar-refractivity contribution >= 4 is 23.2 Å². The lowest BCUT2D eigenvalue weighted by Crippen LogP contribution is -2.25. The zero-order valence-electron chi connectivity index (χ0n) is 16.9. The molecule has 0 spiro atoms. The van der Waals surface area contributed by atoms with Crippen LogP contribution in [0.1, 0.15) is 25.3 Å². The van der Waals surface area contributed by atoms with Gasteiger partial charge < -0.3 is 9.64 Å². The van der Waals surface area contributed by atoms with E-state index in [0.29, 0.717) is 36.0 Å². The molecule has 0 N–H and O–H groups in total. The Morgan fingerprint density at radius 1 is 1.17 bits per heavy atom. The highest BCUT2D eigenvalue weighted by Crippen LogP contribution is 2.30. The van der Waals surface area contributed by atoms with E-state index in [2.05, 4.69) is 4.98 Å². The number of rotatable bonds is 5. The zero-order valence-corrected chi connectivity index (χ0v) is 17.6. The van der Waals surface area contributed by atoms with Crippen LogP contribution < -0.4 is 15.2 Å². The summed E-state index contributed by atoms with van der Waals surface area (Å²) in [6.45, 7) is 4.84. The number of aromatic nitrogens is 2. The molecule has 1 aliphatic heterocycles. The number of amides is 1. The van der Waals surface area contributed by atoms with Gasteiger partial charge in [-0.1, -0.05) is 11.6 Å². The average molecular weight is 424 g/mol. The van der Waals surface area contributed by atoms with Crippen LogP contribution in [0.4, 0.5) is 5.69 Å². The minimum atomic E-state index is -0.289. The summed E-state index contributed by atoms with van der Waals surface area (Å²) in [5.74, 6) is 0.308. The molecular formula is C23H22ClN3O3. The molecule has 0 radical (unpaired) electrons. The van der Waals surface area contributed by atoms with E-state index < -0.39 is 0 Å². The van der Waals surface area contributed by atoms with Crippen LogP contribution in [0.3, 0.4) is 0 Å². The van der Waals surface area contributed by atoms with Gasteiger partial charge in [-0.25, -0.2) is 0 Å². The largest absolute Gasteiger partial charge is 0.488 e. The van der Waals surface area contributed by atoms with Gasteiger partial charge in [0.2, 0.25) is 5.91 Å². The zero-order chi connectivity index (χ0) is 21.3. The summed E-state index contributed by atoms with van der Waals surface area (Å²) >= 11 is 6.37. The van der Waals surface area contributed by atoms with Crippen LogP contribution in [-0.2, 0) is 4.79 Å². The van der Waals surface area contributed by atoms with E-state index in [4.69, 9.17) is 16.3 Å². The highest BCUT2D eigenvalue weighted by Gasteiger charge is 2.23. The topological polar surface area (TPSA) is 64.4 Å². The SMILES string of the molecule is CCOc1cc(-c2cnccc2C)cn(-c2cc(Cl)cc(N3CCCC3=O)c2)c1=O. The first-order valence-electron chi connectivity index (χ1n) is 9.89. The summed E-state index contributed by atoms with van der Waals surface area (Å²) in [5.41, 5.74) is 3.72. The fourth-order valence-electron chi connectivity index (χ4n) is 3.70. The molecule has 0 saturated carbocycles. The molecule has 1 amide bonds. The number of nitrogens with zero attached hydrogens (tertiary/aromatic N) is 3. The smallest absolute Gasteiger partial charge is 0.297 e. The molecule has 6 nitrogen and oxygen atoms in total. The lowest BCUT2D eigenvalue weighted by molar-refractivity contribution is -0.117. The van der Waals surface area contributed by atoms with Crippen molar-refractivity contribution in [3.63, 3.8) is 0 Å². The summed E-state index contributed by atoms with van der Waals surface area (Å²) < 4.78 is 7.14. The first-order valence-corrected chi connectivity index (χ1v) is 10.3. The molecule has 0 bridgehead atoms. The maximum atomic E-state index is 13.1. The van der Waals surface area contributed by atoms with E-state index >= 15 is 0 Å². The van der Waals surface area contributed by atoms with Gasteiger partial charge in [0.1, 0.15) is 0 Å². The van der Waals surface area contributed by atoms with E-state index in [1.165, 1.54) is 4.57 Å². The minimum Gasteiger partial charge on any atom is -0.488 e. The van der Waals surface area contributed by atoms with E-state index in [-0.39, 0.29) is 17.2 Å². The fourth-order valence-corrected chi connectivity index (χ4v) is 3.92. The van der Waals surface area contributed by atoms with Crippen molar-refractivity contribution in [1.29, 1.82) is 0 Å². The Morgan fingerprint density at radius 2 is 1.97 bits per heavy atom. The van der Waals surface area contributed by atoms with Gasteiger partial charge in [0.15, 0.2) is 5.75 Å². The van der Waals surface area contributed by atoms with Gasteiger partial charge in [0.05, 0.1) is 12.3 Å². The van der Waals surface area contributed by atoms with Crippen LogP contribution in [-0.4, -0.2) is 28.6 Å². The first kappa shape index (κ1) is 20.2. The van der Waals surface area contributed by atoms with Crippen molar-refractivity contribution in [3.8, 4) is 22.6 Å². The molecule has 30 heavy (non-hydrogen) atoms. The van der Waals surface area contributed by atoms with Crippen LogP contribution in [0.2, 0.25) is 5.02 Å². The van der Waals surface area contributed by atoms with Gasteiger partial charge in [0, 0.05) is 53.4 Å². The van der Waals surface area contributed by atoms with E-state index in [0.717, 1.165) is 23.1 Å². The molecule has 4 rings (SSSR count). The van der Waals surface area contributed by atoms with Crippen molar-refractivity contribution < 1.29 is 9.53 Å². The second kappa shape index (κ2) is 8.32. The van der Waals surface area contributed by atoms with Crippen molar-refractivity contribution in [1.82, 2.24) is 9.55 Å². The molecule has 0 unspecified atom stereocenters. The molecule has 1 aliphatic rings. The lowest BCUT2D eigenvalue weighted by Gasteiger charge is -2.19. The number of carbonyl (C=O) groups is 1. The molecule has 1 aromatic carbocycles. The minimum absolute atomic E-state index is 0.0605. The summed E-state index contributed by atoms with van der Waals surface area (Å²) in [4.78, 5) is 31.3. The van der Waals surface area contributed by atoms with Crippen molar-refractivity contribution in [3.05, 3.63) is 69.9 Å². The quantitative estimate of drug-likeness (QED) is 0.610. The maximum absolute atomic E-state index is 13.1. The molecule has 3 aromatic rings. The number of ether oxygens (including phenoxy) is 1. The standard InChI is InChI=1S/C23H22ClN3O3/c1-3-30-21-9-16(20-13-25-7-6-15(20)2)14-27(23(21)29)19-11-17(24)10-18(12-19)26-8-4-5-22(26)28/h6-7,9-14H,3-5,8H2,1-2H3. The number of anilines is 1. The van der Waals surface area contributed by atoms with Gasteiger partial charge in [-0.2, -0.15) is 0 Å². The molecule has 0 aliphatic carbocycles. The number of carbonyl (C=O) groups excluding carboxylic acids is 1. The third-order valence-electron chi connectivity index (χ3n) is 5.16. The third kappa shape index (κ3) is 3.83. The molecule has 1 saturated heterocycles. The molecular weight excluding hydrogens is 402 g/mol. The van der Waals surface area contributed by atoms with Crippen LogP contribution in [0.25, 0.3) is 16.8 Å². The summed E-state index contributed by atoms with van der Waals surface area (Å²) in [6, 6.07) is 8.93. The number of hydrogen-bond donors (Lipinski definition) is 0. The predicted octanol–water partition coefficient (Wildman–Crippen LogP) is 4.39.